The van der Waals surface area contributed by atoms with E-state index in [1.54, 1.807) is 0 Å². The second kappa shape index (κ2) is 5.00. The highest BCUT2D eigenvalue weighted by Crippen LogP contribution is 2.33. The van der Waals surface area contributed by atoms with E-state index >= 15 is 0 Å². The van der Waals surface area contributed by atoms with Crippen LogP contribution < -0.4 is 4.74 Å². The van der Waals surface area contributed by atoms with E-state index in [2.05, 4.69) is 15.6 Å². The number of imidazole rings is 1. The number of aryl methyl sites for hydroxylation is 1. The number of aromatic nitrogens is 2. The predicted molar refractivity (Wildman–Crippen MR) is 80.2 cm³/mol. The molecule has 1 aliphatic rings. The van der Waals surface area contributed by atoms with E-state index in [1.165, 1.54) is 19.3 Å². The molecule has 1 fully saturated rings. The number of hydrogen-bond donors (Lipinski definition) is 1. The third-order valence-corrected chi connectivity index (χ3v) is 3.92. The van der Waals surface area contributed by atoms with E-state index in [-0.39, 0.29) is 6.10 Å². The normalized spacial score (nSPS) is 15.3. The summed E-state index contributed by atoms with van der Waals surface area (Å²) in [6.45, 7) is 5.09. The van der Waals surface area contributed by atoms with Crippen molar-refractivity contribution in [3.8, 4) is 5.75 Å². The molecule has 0 spiro atoms. The van der Waals surface area contributed by atoms with Gasteiger partial charge in [0.2, 0.25) is 0 Å². The summed E-state index contributed by atoms with van der Waals surface area (Å²) in [6.07, 6.45) is 4.17. The van der Waals surface area contributed by atoms with Gasteiger partial charge in [0.25, 0.3) is 0 Å². The summed E-state index contributed by atoms with van der Waals surface area (Å²) in [5.74, 6) is 1.81. The first kappa shape index (κ1) is 12.7. The second-order valence-electron chi connectivity index (χ2n) is 5.63. The molecule has 102 valence electrons. The van der Waals surface area contributed by atoms with Crippen molar-refractivity contribution in [3.63, 3.8) is 0 Å². The quantitative estimate of drug-likeness (QED) is 0.826. The number of fused-ring (bicyclic) bond motifs is 1. The Kier molecular flexibility index (Phi) is 3.35. The van der Waals surface area contributed by atoms with E-state index in [4.69, 9.17) is 17.0 Å². The first-order valence-electron chi connectivity index (χ1n) is 7.03. The molecule has 1 aromatic carbocycles. The van der Waals surface area contributed by atoms with Crippen molar-refractivity contribution in [1.29, 1.82) is 0 Å². The number of hydrogen-bond acceptors (Lipinski definition) is 2. The Bertz CT molecular complexity index is 637. The number of nitrogens with zero attached hydrogens (tertiary/aromatic N) is 1. The largest absolute Gasteiger partial charge is 0.489 e. The van der Waals surface area contributed by atoms with Crippen LogP contribution in [0.1, 0.15) is 33.1 Å². The molecule has 0 radical (unpaired) electrons. The van der Waals surface area contributed by atoms with E-state index in [0.29, 0.717) is 0 Å². The summed E-state index contributed by atoms with van der Waals surface area (Å²) in [6, 6.07) is 6.15. The van der Waals surface area contributed by atoms with E-state index < -0.39 is 0 Å². The fourth-order valence-electron chi connectivity index (χ4n) is 2.45. The Labute approximate surface area is 118 Å². The van der Waals surface area contributed by atoms with Crippen molar-refractivity contribution in [2.24, 2.45) is 5.92 Å². The molecule has 3 rings (SSSR count). The standard InChI is InChI=1S/C15H20N2OS/c1-10(2)18-13-5-3-4-12-14(13)16-15(19)17(12)9-8-11-6-7-11/h3-5,10-11H,6-9H2,1-2H3,(H,16,19). The van der Waals surface area contributed by atoms with E-state index in [1.807, 2.05) is 26.0 Å². The minimum atomic E-state index is 0.169. The predicted octanol–water partition coefficient (Wildman–Crippen LogP) is 4.29. The molecule has 0 unspecified atom stereocenters. The Morgan fingerprint density at radius 3 is 2.89 bits per heavy atom. The van der Waals surface area contributed by atoms with Gasteiger partial charge in [-0.3, -0.25) is 0 Å². The fraction of sp³-hybridized carbons (Fsp3) is 0.533. The Hall–Kier alpha value is -1.29. The molecule has 1 aromatic heterocycles. The average molecular weight is 276 g/mol. The molecule has 0 atom stereocenters. The molecule has 1 N–H and O–H groups in total. The molecule has 0 saturated heterocycles. The zero-order valence-electron chi connectivity index (χ0n) is 11.5. The van der Waals surface area contributed by atoms with Gasteiger partial charge in [-0.25, -0.2) is 0 Å². The molecule has 1 heterocycles. The highest BCUT2D eigenvalue weighted by molar-refractivity contribution is 7.71. The van der Waals surface area contributed by atoms with Gasteiger partial charge in [0.1, 0.15) is 11.3 Å². The molecule has 3 nitrogen and oxygen atoms in total. The lowest BCUT2D eigenvalue weighted by atomic mass is 10.2. The van der Waals surface area contributed by atoms with Crippen LogP contribution >= 0.6 is 12.2 Å². The number of H-pyrrole nitrogens is 1. The molecular weight excluding hydrogens is 256 g/mol. The first-order valence-corrected chi connectivity index (χ1v) is 7.44. The summed E-state index contributed by atoms with van der Waals surface area (Å²) in [5, 5.41) is 0. The first-order chi connectivity index (χ1) is 9.15. The fourth-order valence-corrected chi connectivity index (χ4v) is 2.74. The number of rotatable bonds is 5. The highest BCUT2D eigenvalue weighted by Gasteiger charge is 2.21. The number of nitrogens with one attached hydrogen (secondary N) is 1. The number of ether oxygens (including phenoxy) is 1. The topological polar surface area (TPSA) is 29.9 Å². The molecular formula is C15H20N2OS. The van der Waals surface area contributed by atoms with Crippen molar-refractivity contribution in [1.82, 2.24) is 9.55 Å². The lowest BCUT2D eigenvalue weighted by Crippen LogP contribution is -2.05. The average Bonchev–Trinajstić information content (AvgIpc) is 3.11. The van der Waals surface area contributed by atoms with Gasteiger partial charge in [-0.15, -0.1) is 0 Å². The van der Waals surface area contributed by atoms with Gasteiger partial charge in [-0.1, -0.05) is 18.9 Å². The summed E-state index contributed by atoms with van der Waals surface area (Å²) in [4.78, 5) is 3.30. The highest BCUT2D eigenvalue weighted by atomic mass is 32.1. The Morgan fingerprint density at radius 1 is 1.42 bits per heavy atom. The van der Waals surface area contributed by atoms with Gasteiger partial charge in [0, 0.05) is 6.54 Å². The minimum absolute atomic E-state index is 0.169. The number of aromatic amines is 1. The van der Waals surface area contributed by atoms with Crippen LogP contribution in [-0.4, -0.2) is 15.7 Å². The van der Waals surface area contributed by atoms with E-state index in [9.17, 15) is 0 Å². The maximum atomic E-state index is 5.84. The molecule has 4 heteroatoms. The van der Waals surface area contributed by atoms with Crippen LogP contribution in [0.15, 0.2) is 18.2 Å². The lowest BCUT2D eigenvalue weighted by molar-refractivity contribution is 0.245. The van der Waals surface area contributed by atoms with Gasteiger partial charge in [-0.2, -0.15) is 0 Å². The molecule has 0 aliphatic heterocycles. The molecule has 1 aliphatic carbocycles. The monoisotopic (exact) mass is 276 g/mol. The number of para-hydroxylation sites is 1. The third-order valence-electron chi connectivity index (χ3n) is 3.59. The van der Waals surface area contributed by atoms with Crippen LogP contribution in [0.3, 0.4) is 0 Å². The van der Waals surface area contributed by atoms with E-state index in [0.717, 1.165) is 34.0 Å². The van der Waals surface area contributed by atoms with Crippen LogP contribution in [0.4, 0.5) is 0 Å². The summed E-state index contributed by atoms with van der Waals surface area (Å²) < 4.78 is 8.85. The van der Waals surface area contributed by atoms with Gasteiger partial charge in [0.15, 0.2) is 4.77 Å². The molecule has 19 heavy (non-hydrogen) atoms. The number of benzene rings is 1. The van der Waals surface area contributed by atoms with Crippen molar-refractivity contribution in [2.75, 3.05) is 0 Å². The lowest BCUT2D eigenvalue weighted by Gasteiger charge is -2.10. The minimum Gasteiger partial charge on any atom is -0.489 e. The SMILES string of the molecule is CC(C)Oc1cccc2c1[nH]c(=S)n2CCC1CC1. The van der Waals surface area contributed by atoms with Gasteiger partial charge < -0.3 is 14.3 Å². The van der Waals surface area contributed by atoms with Crippen LogP contribution in [0, 0.1) is 10.7 Å². The Balaban J connectivity index is 1.97. The van der Waals surface area contributed by atoms with Crippen LogP contribution in [0.2, 0.25) is 0 Å². The second-order valence-corrected chi connectivity index (χ2v) is 6.02. The van der Waals surface area contributed by atoms with Crippen molar-refractivity contribution >= 4 is 23.3 Å². The summed E-state index contributed by atoms with van der Waals surface area (Å²) in [5.41, 5.74) is 2.18. The van der Waals surface area contributed by atoms with Gasteiger partial charge >= 0.3 is 0 Å². The zero-order valence-corrected chi connectivity index (χ0v) is 12.3. The Morgan fingerprint density at radius 2 is 2.21 bits per heavy atom. The summed E-state index contributed by atoms with van der Waals surface area (Å²) >= 11 is 5.45. The van der Waals surface area contributed by atoms with Gasteiger partial charge in [-0.05, 0) is 50.5 Å². The molecule has 0 bridgehead atoms. The van der Waals surface area contributed by atoms with Crippen LogP contribution in [0.5, 0.6) is 5.75 Å². The smallest absolute Gasteiger partial charge is 0.178 e. The van der Waals surface area contributed by atoms with Crippen molar-refractivity contribution in [2.45, 2.75) is 45.8 Å². The zero-order chi connectivity index (χ0) is 13.4. The maximum absolute atomic E-state index is 5.84. The van der Waals surface area contributed by atoms with Crippen LogP contribution in [-0.2, 0) is 6.54 Å². The summed E-state index contributed by atoms with van der Waals surface area (Å²) in [7, 11) is 0. The van der Waals surface area contributed by atoms with Crippen molar-refractivity contribution < 1.29 is 4.74 Å². The van der Waals surface area contributed by atoms with Gasteiger partial charge in [0.05, 0.1) is 11.6 Å². The molecule has 2 aromatic rings. The maximum Gasteiger partial charge on any atom is 0.178 e. The molecule has 0 amide bonds. The molecule has 1 saturated carbocycles. The third kappa shape index (κ3) is 2.68. The van der Waals surface area contributed by atoms with Crippen LogP contribution in [0.25, 0.3) is 11.0 Å². The van der Waals surface area contributed by atoms with Crippen molar-refractivity contribution in [3.05, 3.63) is 23.0 Å².